The van der Waals surface area contributed by atoms with Crippen LogP contribution in [0.2, 0.25) is 0 Å². The number of hydrogen-bond acceptors (Lipinski definition) is 4. The van der Waals surface area contributed by atoms with Crippen LogP contribution in [0.3, 0.4) is 0 Å². The molecule has 29 heavy (non-hydrogen) atoms. The van der Waals surface area contributed by atoms with E-state index in [1.807, 2.05) is 37.3 Å². The number of nitrogens with zero attached hydrogens (tertiary/aromatic N) is 1. The summed E-state index contributed by atoms with van der Waals surface area (Å²) in [5, 5.41) is 9.84. The smallest absolute Gasteiger partial charge is 0.268 e. The zero-order valence-corrected chi connectivity index (χ0v) is 17.4. The molecule has 0 bridgehead atoms. The van der Waals surface area contributed by atoms with Gasteiger partial charge in [-0.1, -0.05) is 12.1 Å². The molecule has 0 radical (unpaired) electrons. The highest BCUT2D eigenvalue weighted by molar-refractivity contribution is 5.99. The van der Waals surface area contributed by atoms with Crippen molar-refractivity contribution < 1.29 is 19.4 Å². The Kier molecular flexibility index (Phi) is 5.26. The van der Waals surface area contributed by atoms with Crippen LogP contribution in [0, 0.1) is 6.92 Å². The molecule has 1 saturated heterocycles. The first kappa shape index (κ1) is 19.8. The van der Waals surface area contributed by atoms with E-state index in [0.717, 1.165) is 17.0 Å². The van der Waals surface area contributed by atoms with E-state index in [4.69, 9.17) is 9.47 Å². The molecule has 1 unspecified atom stereocenters. The minimum absolute atomic E-state index is 0.0131. The van der Waals surface area contributed by atoms with Crippen LogP contribution >= 0.6 is 0 Å². The Morgan fingerprint density at radius 2 is 1.83 bits per heavy atom. The van der Waals surface area contributed by atoms with Gasteiger partial charge in [-0.05, 0) is 81.0 Å². The number of benzene rings is 2. The number of ether oxygens (including phenoxy) is 2. The molecule has 5 heteroatoms. The van der Waals surface area contributed by atoms with Gasteiger partial charge in [0.25, 0.3) is 5.91 Å². The average molecular weight is 395 g/mol. The first-order valence-electron chi connectivity index (χ1n) is 10.3. The summed E-state index contributed by atoms with van der Waals surface area (Å²) >= 11 is 0. The molecule has 1 aliphatic carbocycles. The Hall–Kier alpha value is -2.53. The Bertz CT molecular complexity index is 881. The van der Waals surface area contributed by atoms with Gasteiger partial charge >= 0.3 is 0 Å². The molecule has 1 amide bonds. The largest absolute Gasteiger partial charge is 0.490 e. The van der Waals surface area contributed by atoms with Crippen molar-refractivity contribution in [1.29, 1.82) is 0 Å². The summed E-state index contributed by atoms with van der Waals surface area (Å²) in [4.78, 5) is 14.7. The van der Waals surface area contributed by atoms with Gasteiger partial charge in [-0.15, -0.1) is 0 Å². The molecule has 1 aliphatic heterocycles. The zero-order valence-electron chi connectivity index (χ0n) is 17.4. The lowest BCUT2D eigenvalue weighted by Crippen LogP contribution is -2.32. The molecule has 2 aliphatic rings. The first-order valence-corrected chi connectivity index (χ1v) is 10.3. The number of carbonyl (C=O) groups excluding carboxylic acids is 1. The van der Waals surface area contributed by atoms with Crippen LogP contribution in [0.15, 0.2) is 42.5 Å². The topological polar surface area (TPSA) is 59.0 Å². The lowest BCUT2D eigenvalue weighted by Gasteiger charge is -2.21. The van der Waals surface area contributed by atoms with Gasteiger partial charge in [-0.2, -0.15) is 0 Å². The molecule has 2 fully saturated rings. The highest BCUT2D eigenvalue weighted by Crippen LogP contribution is 2.40. The Morgan fingerprint density at radius 1 is 1.10 bits per heavy atom. The Morgan fingerprint density at radius 3 is 2.45 bits per heavy atom. The normalized spacial score (nSPS) is 19.5. The maximum absolute atomic E-state index is 12.9. The summed E-state index contributed by atoms with van der Waals surface area (Å²) in [6, 6.07) is 13.9. The van der Waals surface area contributed by atoms with E-state index in [1.165, 1.54) is 18.4 Å². The van der Waals surface area contributed by atoms with E-state index in [2.05, 4.69) is 12.1 Å². The molecule has 1 atom stereocenters. The summed E-state index contributed by atoms with van der Waals surface area (Å²) in [6.07, 6.45) is 2.77. The van der Waals surface area contributed by atoms with Crippen molar-refractivity contribution in [2.45, 2.75) is 57.7 Å². The van der Waals surface area contributed by atoms with Crippen molar-refractivity contribution in [3.8, 4) is 11.5 Å². The maximum atomic E-state index is 12.9. The van der Waals surface area contributed by atoms with Gasteiger partial charge in [0, 0.05) is 18.7 Å². The summed E-state index contributed by atoms with van der Waals surface area (Å²) in [5.41, 5.74) is 2.24. The number of carbonyl (C=O) groups is 1. The van der Waals surface area contributed by atoms with E-state index in [1.54, 1.807) is 18.7 Å². The van der Waals surface area contributed by atoms with Crippen molar-refractivity contribution in [3.63, 3.8) is 0 Å². The predicted octanol–water partition coefficient (Wildman–Crippen LogP) is 4.21. The van der Waals surface area contributed by atoms with Crippen molar-refractivity contribution in [2.24, 2.45) is 0 Å². The van der Waals surface area contributed by atoms with Crippen molar-refractivity contribution in [3.05, 3.63) is 53.6 Å². The lowest BCUT2D eigenvalue weighted by atomic mass is 10.1. The van der Waals surface area contributed by atoms with Gasteiger partial charge in [0.2, 0.25) is 0 Å². The van der Waals surface area contributed by atoms with Gasteiger partial charge < -0.3 is 19.5 Å². The van der Waals surface area contributed by atoms with E-state index < -0.39 is 11.7 Å². The molecule has 154 valence electrons. The van der Waals surface area contributed by atoms with Crippen LogP contribution < -0.4 is 14.4 Å². The summed E-state index contributed by atoms with van der Waals surface area (Å²) < 4.78 is 11.7. The fourth-order valence-corrected chi connectivity index (χ4v) is 3.64. The van der Waals surface area contributed by atoms with E-state index in [9.17, 15) is 9.90 Å². The Balaban J connectivity index is 1.39. The molecule has 2 aromatic rings. The number of rotatable bonds is 7. The molecule has 2 aromatic carbocycles. The van der Waals surface area contributed by atoms with Crippen LogP contribution in [0.1, 0.15) is 50.2 Å². The maximum Gasteiger partial charge on any atom is 0.268 e. The SMILES string of the molecule is Cc1cc(N2CCC(Oc3ccc(C4CC4)cc3)C2=O)ccc1OCC(C)(C)O. The van der Waals surface area contributed by atoms with E-state index >= 15 is 0 Å². The number of aliphatic hydroxyl groups is 1. The van der Waals surface area contributed by atoms with Crippen LogP contribution in [-0.2, 0) is 4.79 Å². The minimum Gasteiger partial charge on any atom is -0.490 e. The summed E-state index contributed by atoms with van der Waals surface area (Å²) in [5.74, 6) is 2.17. The fourth-order valence-electron chi connectivity index (χ4n) is 3.64. The highest BCUT2D eigenvalue weighted by atomic mass is 16.5. The first-order chi connectivity index (χ1) is 13.8. The Labute approximate surface area is 172 Å². The number of amides is 1. The van der Waals surface area contributed by atoms with Crippen LogP contribution in [0.25, 0.3) is 0 Å². The molecule has 1 heterocycles. The third-order valence-electron chi connectivity index (χ3n) is 5.41. The third kappa shape index (κ3) is 4.73. The minimum atomic E-state index is -0.891. The van der Waals surface area contributed by atoms with Crippen LogP contribution in [-0.4, -0.2) is 35.9 Å². The summed E-state index contributed by atoms with van der Waals surface area (Å²) in [6.45, 7) is 6.20. The van der Waals surface area contributed by atoms with Crippen molar-refractivity contribution >= 4 is 11.6 Å². The standard InChI is InChI=1S/C24H29NO4/c1-16-14-19(8-11-21(16)28-15-24(2,3)27)25-13-12-22(23(25)26)29-20-9-6-18(7-10-20)17-4-5-17/h6-11,14,17,22,27H,4-5,12-13,15H2,1-3H3. The number of hydrogen-bond donors (Lipinski definition) is 1. The summed E-state index contributed by atoms with van der Waals surface area (Å²) in [7, 11) is 0. The predicted molar refractivity (Wildman–Crippen MR) is 113 cm³/mol. The molecule has 1 N–H and O–H groups in total. The highest BCUT2D eigenvalue weighted by Gasteiger charge is 2.34. The second-order valence-corrected chi connectivity index (χ2v) is 8.78. The molecular formula is C24H29NO4. The monoisotopic (exact) mass is 395 g/mol. The van der Waals surface area contributed by atoms with Gasteiger partial charge in [0.1, 0.15) is 18.1 Å². The van der Waals surface area contributed by atoms with Gasteiger partial charge in [-0.25, -0.2) is 0 Å². The van der Waals surface area contributed by atoms with E-state index in [0.29, 0.717) is 24.6 Å². The third-order valence-corrected chi connectivity index (χ3v) is 5.41. The lowest BCUT2D eigenvalue weighted by molar-refractivity contribution is -0.122. The molecule has 5 nitrogen and oxygen atoms in total. The van der Waals surface area contributed by atoms with Gasteiger partial charge in [-0.3, -0.25) is 4.79 Å². The molecular weight excluding hydrogens is 366 g/mol. The zero-order chi connectivity index (χ0) is 20.6. The van der Waals surface area contributed by atoms with Gasteiger partial charge in [0.05, 0.1) is 5.60 Å². The fraction of sp³-hybridized carbons (Fsp3) is 0.458. The molecule has 0 spiro atoms. The number of anilines is 1. The van der Waals surface area contributed by atoms with Crippen LogP contribution in [0.5, 0.6) is 11.5 Å². The quantitative estimate of drug-likeness (QED) is 0.763. The second kappa shape index (κ2) is 7.71. The van der Waals surface area contributed by atoms with Gasteiger partial charge in [0.15, 0.2) is 6.10 Å². The van der Waals surface area contributed by atoms with Crippen molar-refractivity contribution in [1.82, 2.24) is 0 Å². The second-order valence-electron chi connectivity index (χ2n) is 8.78. The molecule has 1 saturated carbocycles. The number of aryl methyl sites for hydroxylation is 1. The molecule has 4 rings (SSSR count). The van der Waals surface area contributed by atoms with E-state index in [-0.39, 0.29) is 12.5 Å². The molecule has 0 aromatic heterocycles. The van der Waals surface area contributed by atoms with Crippen LogP contribution in [0.4, 0.5) is 5.69 Å². The average Bonchev–Trinajstić information content (AvgIpc) is 3.46. The van der Waals surface area contributed by atoms with Crippen molar-refractivity contribution in [2.75, 3.05) is 18.1 Å².